The number of amides is 2. The second-order valence-corrected chi connectivity index (χ2v) is 7.83. The fraction of sp³-hybridized carbons (Fsp3) is 0.167. The normalized spacial score (nSPS) is 13.4. The molecular weight excluding hydrogens is 414 g/mol. The van der Waals surface area contributed by atoms with Crippen molar-refractivity contribution in [3.05, 3.63) is 88.1 Å². The third-order valence-corrected chi connectivity index (χ3v) is 5.46. The van der Waals surface area contributed by atoms with Crippen molar-refractivity contribution in [2.45, 2.75) is 19.8 Å². The Hall–Kier alpha value is -3.51. The number of Topliss-reactive ketones (excluding diaryl/α,β-unsaturated/α-hetero) is 1. The summed E-state index contributed by atoms with van der Waals surface area (Å²) in [6.45, 7) is 2.15. The summed E-state index contributed by atoms with van der Waals surface area (Å²) in [6.07, 6.45) is 1.95. The average molecular weight is 434 g/mol. The Morgan fingerprint density at radius 2 is 1.90 bits per heavy atom. The maximum absolute atomic E-state index is 13.2. The molecule has 0 spiro atoms. The number of carbonyl (C=O) groups excluding carboxylic acids is 3. The number of halogens is 1. The van der Waals surface area contributed by atoms with Gasteiger partial charge in [0.2, 0.25) is 0 Å². The van der Waals surface area contributed by atoms with Gasteiger partial charge in [0, 0.05) is 41.9 Å². The summed E-state index contributed by atoms with van der Waals surface area (Å²) >= 11 is 6.08. The van der Waals surface area contributed by atoms with E-state index in [2.05, 4.69) is 10.3 Å². The zero-order valence-corrected chi connectivity index (χ0v) is 17.6. The molecule has 0 atom stereocenters. The van der Waals surface area contributed by atoms with Gasteiger partial charge in [0.25, 0.3) is 11.8 Å². The van der Waals surface area contributed by atoms with Crippen molar-refractivity contribution < 1.29 is 14.4 Å². The monoisotopic (exact) mass is 433 g/mol. The summed E-state index contributed by atoms with van der Waals surface area (Å²) in [5.74, 6) is -0.113. The highest BCUT2D eigenvalue weighted by Crippen LogP contribution is 2.29. The number of benzene rings is 2. The summed E-state index contributed by atoms with van der Waals surface area (Å²) in [5, 5.41) is 3.27. The van der Waals surface area contributed by atoms with Gasteiger partial charge in [-0.15, -0.1) is 0 Å². The highest BCUT2D eigenvalue weighted by atomic mass is 35.5. The summed E-state index contributed by atoms with van der Waals surface area (Å²) < 4.78 is 0. The molecular formula is C24H20ClN3O3. The van der Waals surface area contributed by atoms with E-state index in [0.29, 0.717) is 27.7 Å². The smallest absolute Gasteiger partial charge is 0.259 e. The van der Waals surface area contributed by atoms with Gasteiger partial charge in [0.05, 0.1) is 5.56 Å². The van der Waals surface area contributed by atoms with Crippen molar-refractivity contribution >= 4 is 40.7 Å². The van der Waals surface area contributed by atoms with E-state index < -0.39 is 0 Å². The molecule has 2 aromatic carbocycles. The van der Waals surface area contributed by atoms with Crippen LogP contribution in [0, 0.1) is 6.92 Å². The molecule has 1 aromatic heterocycles. The molecule has 1 aliphatic rings. The largest absolute Gasteiger partial charge is 0.308 e. The maximum Gasteiger partial charge on any atom is 0.259 e. The third-order valence-electron chi connectivity index (χ3n) is 5.22. The minimum Gasteiger partial charge on any atom is -0.308 e. The lowest BCUT2D eigenvalue weighted by molar-refractivity contribution is -0.118. The molecule has 4 rings (SSSR count). The zero-order valence-electron chi connectivity index (χ0n) is 16.9. The summed E-state index contributed by atoms with van der Waals surface area (Å²) in [6, 6.07) is 15.7. The fourth-order valence-electron chi connectivity index (χ4n) is 3.59. The van der Waals surface area contributed by atoms with E-state index in [0.717, 1.165) is 11.1 Å². The van der Waals surface area contributed by atoms with Crippen molar-refractivity contribution in [2.24, 2.45) is 0 Å². The number of carbonyl (C=O) groups is 3. The van der Waals surface area contributed by atoms with Crippen molar-refractivity contribution in [3.8, 4) is 0 Å². The van der Waals surface area contributed by atoms with Crippen LogP contribution in [0.15, 0.2) is 60.8 Å². The average Bonchev–Trinajstić information content (AvgIpc) is 2.91. The van der Waals surface area contributed by atoms with E-state index in [-0.39, 0.29) is 37.0 Å². The number of nitrogens with one attached hydrogen (secondary N) is 1. The van der Waals surface area contributed by atoms with Gasteiger partial charge in [-0.2, -0.15) is 0 Å². The molecule has 0 bridgehead atoms. The van der Waals surface area contributed by atoms with Gasteiger partial charge in [-0.1, -0.05) is 29.8 Å². The number of ketones is 1. The first-order valence-corrected chi connectivity index (χ1v) is 10.2. The number of nitrogens with zero attached hydrogens (tertiary/aromatic N) is 2. The molecule has 2 amide bonds. The van der Waals surface area contributed by atoms with E-state index >= 15 is 0 Å². The van der Waals surface area contributed by atoms with Crippen LogP contribution in [0.5, 0.6) is 0 Å². The predicted octanol–water partition coefficient (Wildman–Crippen LogP) is 4.46. The van der Waals surface area contributed by atoms with Crippen LogP contribution in [0.2, 0.25) is 5.02 Å². The Labute approximate surface area is 184 Å². The number of aromatic nitrogens is 1. The molecule has 0 radical (unpaired) electrons. The van der Waals surface area contributed by atoms with Crippen molar-refractivity contribution in [2.75, 3.05) is 16.8 Å². The molecule has 0 fully saturated rings. The molecule has 7 heteroatoms. The molecule has 0 saturated heterocycles. The van der Waals surface area contributed by atoms with Crippen LogP contribution in [0.3, 0.4) is 0 Å². The van der Waals surface area contributed by atoms with Crippen LogP contribution in [-0.4, -0.2) is 29.1 Å². The Bertz CT molecular complexity index is 1170. The van der Waals surface area contributed by atoms with E-state index in [4.69, 9.17) is 11.6 Å². The number of aryl methyl sites for hydroxylation is 1. The van der Waals surface area contributed by atoms with Gasteiger partial charge in [0.1, 0.15) is 11.6 Å². The van der Waals surface area contributed by atoms with Crippen LogP contribution < -0.4 is 10.2 Å². The van der Waals surface area contributed by atoms with Crippen LogP contribution in [0.4, 0.5) is 11.5 Å². The van der Waals surface area contributed by atoms with Crippen LogP contribution in [-0.2, 0) is 11.2 Å². The molecule has 2 heterocycles. The Kier molecular flexibility index (Phi) is 5.82. The van der Waals surface area contributed by atoms with Gasteiger partial charge < -0.3 is 10.2 Å². The van der Waals surface area contributed by atoms with Crippen LogP contribution in [0.1, 0.15) is 38.3 Å². The molecule has 0 aliphatic carbocycles. The van der Waals surface area contributed by atoms with Gasteiger partial charge >= 0.3 is 0 Å². The van der Waals surface area contributed by atoms with Gasteiger partial charge in [0.15, 0.2) is 0 Å². The quantitative estimate of drug-likeness (QED) is 0.661. The standard InChI is InChI=1S/C24H20ClN3O3/c1-15-4-2-3-5-20(15)23(30)27-22-9-6-16(14-26-22)24(31)28-11-10-19(29)13-17-12-18(25)7-8-21(17)28/h2-9,12,14H,10-11,13H2,1H3,(H,26,27,30). The molecule has 31 heavy (non-hydrogen) atoms. The van der Waals surface area contributed by atoms with Crippen molar-refractivity contribution in [1.29, 1.82) is 0 Å². The SMILES string of the molecule is Cc1ccccc1C(=O)Nc1ccc(C(=O)N2CCC(=O)Cc3cc(Cl)ccc32)cn1. The van der Waals surface area contributed by atoms with E-state index in [9.17, 15) is 14.4 Å². The number of rotatable bonds is 3. The number of hydrogen-bond acceptors (Lipinski definition) is 4. The van der Waals surface area contributed by atoms with Gasteiger partial charge in [-0.05, 0) is 54.4 Å². The first-order valence-electron chi connectivity index (χ1n) is 9.87. The van der Waals surface area contributed by atoms with Crippen LogP contribution in [0.25, 0.3) is 0 Å². The molecule has 3 aromatic rings. The number of pyridine rings is 1. The van der Waals surface area contributed by atoms with E-state index in [1.165, 1.54) is 6.20 Å². The Morgan fingerprint density at radius 1 is 1.10 bits per heavy atom. The highest BCUT2D eigenvalue weighted by Gasteiger charge is 2.25. The second kappa shape index (κ2) is 8.70. The molecule has 1 aliphatic heterocycles. The van der Waals surface area contributed by atoms with E-state index in [1.54, 1.807) is 47.4 Å². The molecule has 1 N–H and O–H groups in total. The minimum absolute atomic E-state index is 0.0613. The van der Waals surface area contributed by atoms with Crippen molar-refractivity contribution in [3.63, 3.8) is 0 Å². The van der Waals surface area contributed by atoms with Crippen LogP contribution >= 0.6 is 11.6 Å². The lowest BCUT2D eigenvalue weighted by Crippen LogP contribution is -2.32. The number of anilines is 2. The first kappa shape index (κ1) is 20.8. The highest BCUT2D eigenvalue weighted by molar-refractivity contribution is 6.30. The predicted molar refractivity (Wildman–Crippen MR) is 120 cm³/mol. The summed E-state index contributed by atoms with van der Waals surface area (Å²) in [7, 11) is 0. The topological polar surface area (TPSA) is 79.4 Å². The maximum atomic E-state index is 13.2. The minimum atomic E-state index is -0.262. The molecule has 0 unspecified atom stereocenters. The Morgan fingerprint density at radius 3 is 2.65 bits per heavy atom. The van der Waals surface area contributed by atoms with E-state index in [1.807, 2.05) is 19.1 Å². The lowest BCUT2D eigenvalue weighted by atomic mass is 10.1. The van der Waals surface area contributed by atoms with Gasteiger partial charge in [-0.25, -0.2) is 4.98 Å². The third kappa shape index (κ3) is 4.49. The second-order valence-electron chi connectivity index (χ2n) is 7.40. The molecule has 0 saturated carbocycles. The van der Waals surface area contributed by atoms with Gasteiger partial charge in [-0.3, -0.25) is 14.4 Å². The Balaban J connectivity index is 1.54. The first-order chi connectivity index (χ1) is 14.9. The fourth-order valence-corrected chi connectivity index (χ4v) is 3.78. The lowest BCUT2D eigenvalue weighted by Gasteiger charge is -2.22. The summed E-state index contributed by atoms with van der Waals surface area (Å²) in [4.78, 5) is 43.6. The molecule has 156 valence electrons. The number of fused-ring (bicyclic) bond motifs is 1. The number of hydrogen-bond donors (Lipinski definition) is 1. The van der Waals surface area contributed by atoms with Crippen molar-refractivity contribution in [1.82, 2.24) is 4.98 Å². The zero-order chi connectivity index (χ0) is 22.0. The summed E-state index contributed by atoms with van der Waals surface area (Å²) in [5.41, 5.74) is 3.20. The molecule has 6 nitrogen and oxygen atoms in total.